The maximum atomic E-state index is 13.8. The Labute approximate surface area is 240 Å². The topological polar surface area (TPSA) is 84.2 Å². The van der Waals surface area contributed by atoms with Gasteiger partial charge in [-0.05, 0) is 56.0 Å². The molecule has 0 aliphatic carbocycles. The van der Waals surface area contributed by atoms with Crippen molar-refractivity contribution in [3.05, 3.63) is 79.6 Å². The molecule has 0 radical (unpaired) electrons. The van der Waals surface area contributed by atoms with Crippen molar-refractivity contribution in [3.63, 3.8) is 0 Å². The average Bonchev–Trinajstić information content (AvgIpc) is 3.19. The summed E-state index contributed by atoms with van der Waals surface area (Å²) in [5, 5.41) is 0.552. The number of ether oxygens (including phenoxy) is 1. The van der Waals surface area contributed by atoms with E-state index in [0.717, 1.165) is 22.9 Å². The third-order valence-electron chi connectivity index (χ3n) is 6.91. The van der Waals surface area contributed by atoms with Crippen molar-refractivity contribution in [1.29, 1.82) is 0 Å². The van der Waals surface area contributed by atoms with E-state index in [2.05, 4.69) is 0 Å². The summed E-state index contributed by atoms with van der Waals surface area (Å²) >= 11 is 13.0. The van der Waals surface area contributed by atoms with Gasteiger partial charge in [-0.15, -0.1) is 0 Å². The second-order valence-electron chi connectivity index (χ2n) is 9.41. The number of anilines is 1. The zero-order chi connectivity index (χ0) is 27.7. The molecule has 0 atom stereocenters. The van der Waals surface area contributed by atoms with Crippen LogP contribution in [-0.4, -0.2) is 50.2 Å². The van der Waals surface area contributed by atoms with Gasteiger partial charge in [0.15, 0.2) is 0 Å². The highest BCUT2D eigenvalue weighted by atomic mass is 35.5. The molecule has 0 saturated carbocycles. The van der Waals surface area contributed by atoms with Crippen LogP contribution < -0.4 is 10.5 Å². The highest BCUT2D eigenvalue weighted by Crippen LogP contribution is 2.36. The molecule has 2 aromatic heterocycles. The first-order chi connectivity index (χ1) is 18.8. The number of halogens is 1. The van der Waals surface area contributed by atoms with Crippen LogP contribution in [0.1, 0.15) is 36.5 Å². The molecule has 4 heterocycles. The lowest BCUT2D eigenvalue weighted by atomic mass is 9.96. The molecular formula is C28H27ClN4O4S2. The van der Waals surface area contributed by atoms with Gasteiger partial charge in [-0.25, -0.2) is 4.98 Å². The Morgan fingerprint density at radius 3 is 2.67 bits per heavy atom. The van der Waals surface area contributed by atoms with Gasteiger partial charge in [0.1, 0.15) is 15.8 Å². The molecular weight excluding hydrogens is 556 g/mol. The summed E-state index contributed by atoms with van der Waals surface area (Å²) in [7, 11) is 0. The number of benzene rings is 1. The fraction of sp³-hybridized carbons (Fsp3) is 0.321. The molecule has 39 heavy (non-hydrogen) atoms. The maximum absolute atomic E-state index is 13.8. The number of piperidine rings is 1. The van der Waals surface area contributed by atoms with E-state index < -0.39 is 0 Å². The van der Waals surface area contributed by atoms with Gasteiger partial charge in [0.2, 0.25) is 0 Å². The van der Waals surface area contributed by atoms with Gasteiger partial charge < -0.3 is 9.64 Å². The van der Waals surface area contributed by atoms with E-state index in [1.807, 2.05) is 36.1 Å². The van der Waals surface area contributed by atoms with Crippen molar-refractivity contribution in [1.82, 2.24) is 14.3 Å². The number of hydrogen-bond donors (Lipinski definition) is 0. The summed E-state index contributed by atoms with van der Waals surface area (Å²) in [5.41, 5.74) is 2.22. The van der Waals surface area contributed by atoms with Crippen LogP contribution in [-0.2, 0) is 20.9 Å². The van der Waals surface area contributed by atoms with E-state index in [0.29, 0.717) is 63.8 Å². The molecule has 0 unspecified atom stereocenters. The first-order valence-corrected chi connectivity index (χ1v) is 14.3. The maximum Gasteiger partial charge on any atom is 0.309 e. The molecule has 2 aliphatic heterocycles. The van der Waals surface area contributed by atoms with Crippen LogP contribution in [0, 0.1) is 12.8 Å². The monoisotopic (exact) mass is 582 g/mol. The van der Waals surface area contributed by atoms with Gasteiger partial charge in [-0.3, -0.25) is 23.7 Å². The van der Waals surface area contributed by atoms with Crippen molar-refractivity contribution < 1.29 is 14.3 Å². The largest absolute Gasteiger partial charge is 0.466 e. The number of rotatable bonds is 6. The molecule has 1 amide bonds. The van der Waals surface area contributed by atoms with Crippen molar-refractivity contribution in [2.75, 3.05) is 24.6 Å². The second kappa shape index (κ2) is 11.5. The van der Waals surface area contributed by atoms with Crippen LogP contribution >= 0.6 is 35.6 Å². The molecule has 11 heteroatoms. The predicted molar refractivity (Wildman–Crippen MR) is 158 cm³/mol. The molecule has 2 aliphatic rings. The van der Waals surface area contributed by atoms with Crippen molar-refractivity contribution >= 4 is 69.3 Å². The van der Waals surface area contributed by atoms with E-state index in [9.17, 15) is 14.4 Å². The molecule has 3 aromatic rings. The Hall–Kier alpha value is -3.21. The third kappa shape index (κ3) is 5.46. The standard InChI is InChI=1S/C28H27ClN4O4S2/c1-3-37-27(36)18-10-13-31(14-11-18)24-20(25(34)32-12-6-7-17(2)23(32)30-24)15-22-26(35)33(28(38)39-22)16-19-8-4-5-9-21(19)29/h4-9,12,15,18H,3,10-11,13-14,16H2,1-2H3/b22-15-. The average molecular weight is 583 g/mol. The van der Waals surface area contributed by atoms with E-state index in [1.54, 1.807) is 31.3 Å². The third-order valence-corrected chi connectivity index (χ3v) is 8.66. The normalized spacial score (nSPS) is 17.5. The smallest absolute Gasteiger partial charge is 0.309 e. The van der Waals surface area contributed by atoms with Crippen LogP contribution in [0.5, 0.6) is 0 Å². The SMILES string of the molecule is CCOC(=O)C1CCN(c2nc3c(C)cccn3c(=O)c2/C=C2\SC(=S)N(Cc3ccccc3Cl)C2=O)CC1. The number of nitrogens with zero attached hydrogens (tertiary/aromatic N) is 4. The number of aryl methyl sites for hydroxylation is 1. The number of thioether (sulfide) groups is 1. The fourth-order valence-electron chi connectivity index (χ4n) is 4.82. The Balaban J connectivity index is 1.52. The van der Waals surface area contributed by atoms with Crippen molar-refractivity contribution in [2.24, 2.45) is 5.92 Å². The van der Waals surface area contributed by atoms with Crippen LogP contribution in [0.25, 0.3) is 11.7 Å². The van der Waals surface area contributed by atoms with Crippen LogP contribution in [0.4, 0.5) is 5.82 Å². The summed E-state index contributed by atoms with van der Waals surface area (Å²) in [4.78, 5) is 48.3. The molecule has 5 rings (SSSR count). The highest BCUT2D eigenvalue weighted by Gasteiger charge is 2.34. The minimum atomic E-state index is -0.286. The zero-order valence-electron chi connectivity index (χ0n) is 21.6. The molecule has 1 aromatic carbocycles. The number of aromatic nitrogens is 2. The number of hydrogen-bond acceptors (Lipinski definition) is 8. The van der Waals surface area contributed by atoms with E-state index in [4.69, 9.17) is 33.5 Å². The van der Waals surface area contributed by atoms with Gasteiger partial charge in [-0.1, -0.05) is 59.8 Å². The van der Waals surface area contributed by atoms with Crippen LogP contribution in [0.2, 0.25) is 5.02 Å². The summed E-state index contributed by atoms with van der Waals surface area (Å²) in [6.07, 6.45) is 4.46. The summed E-state index contributed by atoms with van der Waals surface area (Å²) in [6, 6.07) is 11.0. The van der Waals surface area contributed by atoms with Gasteiger partial charge in [0.25, 0.3) is 11.5 Å². The molecule has 8 nitrogen and oxygen atoms in total. The van der Waals surface area contributed by atoms with Gasteiger partial charge in [-0.2, -0.15) is 0 Å². The number of pyridine rings is 1. The fourth-order valence-corrected chi connectivity index (χ4v) is 6.25. The minimum absolute atomic E-state index is 0.186. The van der Waals surface area contributed by atoms with E-state index >= 15 is 0 Å². The first kappa shape index (κ1) is 27.4. The Kier molecular flexibility index (Phi) is 8.06. The molecule has 2 fully saturated rings. The Morgan fingerprint density at radius 1 is 1.21 bits per heavy atom. The van der Waals surface area contributed by atoms with Gasteiger partial charge in [0, 0.05) is 24.3 Å². The number of esters is 1. The number of thiocarbonyl (C=S) groups is 1. The molecule has 202 valence electrons. The van der Waals surface area contributed by atoms with Crippen molar-refractivity contribution in [3.8, 4) is 0 Å². The second-order valence-corrected chi connectivity index (χ2v) is 11.5. The van der Waals surface area contributed by atoms with E-state index in [1.165, 1.54) is 9.30 Å². The van der Waals surface area contributed by atoms with E-state index in [-0.39, 0.29) is 29.9 Å². The molecule has 0 N–H and O–H groups in total. The van der Waals surface area contributed by atoms with Crippen LogP contribution in [0.3, 0.4) is 0 Å². The molecule has 2 saturated heterocycles. The molecule has 0 bridgehead atoms. The summed E-state index contributed by atoms with van der Waals surface area (Å²) in [6.45, 7) is 5.35. The van der Waals surface area contributed by atoms with Gasteiger partial charge >= 0.3 is 5.97 Å². The minimum Gasteiger partial charge on any atom is -0.466 e. The van der Waals surface area contributed by atoms with Crippen molar-refractivity contribution in [2.45, 2.75) is 33.2 Å². The lowest BCUT2D eigenvalue weighted by molar-refractivity contribution is -0.148. The quantitative estimate of drug-likeness (QED) is 0.232. The number of carbonyl (C=O) groups excluding carboxylic acids is 2. The number of amides is 1. The Bertz CT molecular complexity index is 1560. The predicted octanol–water partition coefficient (Wildman–Crippen LogP) is 4.84. The number of fused-ring (bicyclic) bond motifs is 1. The number of carbonyl (C=O) groups is 2. The molecule has 0 spiro atoms. The first-order valence-electron chi connectivity index (χ1n) is 12.7. The summed E-state index contributed by atoms with van der Waals surface area (Å²) in [5.74, 6) is -0.172. The van der Waals surface area contributed by atoms with Gasteiger partial charge in [0.05, 0.1) is 29.5 Å². The lowest BCUT2D eigenvalue weighted by Crippen LogP contribution is -2.39. The lowest BCUT2D eigenvalue weighted by Gasteiger charge is -2.32. The van der Waals surface area contributed by atoms with Crippen LogP contribution in [0.15, 0.2) is 52.3 Å². The Morgan fingerprint density at radius 2 is 1.95 bits per heavy atom. The zero-order valence-corrected chi connectivity index (χ0v) is 23.9. The summed E-state index contributed by atoms with van der Waals surface area (Å²) < 4.78 is 7.10. The highest BCUT2D eigenvalue weighted by molar-refractivity contribution is 8.26.